The highest BCUT2D eigenvalue weighted by Crippen LogP contribution is 2.34. The van der Waals surface area contributed by atoms with E-state index in [0.29, 0.717) is 43.3 Å². The molecule has 1 saturated heterocycles. The number of carbonyl (C=O) groups excluding carboxylic acids is 1. The van der Waals surface area contributed by atoms with Crippen molar-refractivity contribution < 1.29 is 22.2 Å². The number of piperazine rings is 1. The Morgan fingerprint density at radius 2 is 1.81 bits per heavy atom. The lowest BCUT2D eigenvalue weighted by molar-refractivity contribution is -0.137. The van der Waals surface area contributed by atoms with Gasteiger partial charge in [0.2, 0.25) is 0 Å². The van der Waals surface area contributed by atoms with Crippen LogP contribution in [-0.2, 0) is 23.7 Å². The topological polar surface area (TPSA) is 90.5 Å². The first-order valence-corrected chi connectivity index (χ1v) is 12.4. The number of amides is 2. The van der Waals surface area contributed by atoms with E-state index >= 15 is 0 Å². The molecule has 3 heterocycles. The van der Waals surface area contributed by atoms with Gasteiger partial charge in [-0.1, -0.05) is 17.7 Å². The summed E-state index contributed by atoms with van der Waals surface area (Å²) in [5, 5.41) is 5.38. The molecule has 0 saturated carbocycles. The number of rotatable bonds is 6. The molecule has 2 aromatic heterocycles. The largest absolute Gasteiger partial charge is 0.417 e. The maximum atomic E-state index is 13.0. The van der Waals surface area contributed by atoms with E-state index in [0.717, 1.165) is 17.8 Å². The Morgan fingerprint density at radius 1 is 1.08 bits per heavy atom. The monoisotopic (exact) mass is 538 g/mol. The third-order valence-electron chi connectivity index (χ3n) is 5.41. The summed E-state index contributed by atoms with van der Waals surface area (Å²) in [5.74, 6) is 0.271. The van der Waals surface area contributed by atoms with E-state index < -0.39 is 22.7 Å². The zero-order valence-corrected chi connectivity index (χ0v) is 20.4. The van der Waals surface area contributed by atoms with Crippen molar-refractivity contribution in [1.29, 1.82) is 0 Å². The second kappa shape index (κ2) is 11.2. The van der Waals surface area contributed by atoms with Crippen molar-refractivity contribution in [3.63, 3.8) is 0 Å². The summed E-state index contributed by atoms with van der Waals surface area (Å²) in [4.78, 5) is 22.3. The predicted molar refractivity (Wildman–Crippen MR) is 131 cm³/mol. The molecule has 0 bridgehead atoms. The second-order valence-electron chi connectivity index (χ2n) is 7.89. The van der Waals surface area contributed by atoms with Gasteiger partial charge in [0.1, 0.15) is 16.8 Å². The number of halogens is 4. The van der Waals surface area contributed by atoms with Crippen molar-refractivity contribution in [1.82, 2.24) is 19.6 Å². The van der Waals surface area contributed by atoms with Crippen LogP contribution in [0.4, 0.5) is 29.5 Å². The lowest BCUT2D eigenvalue weighted by Gasteiger charge is -2.34. The van der Waals surface area contributed by atoms with Gasteiger partial charge in [-0.2, -0.15) is 13.2 Å². The van der Waals surface area contributed by atoms with Crippen LogP contribution in [0.1, 0.15) is 11.1 Å². The number of alkyl halides is 3. The summed E-state index contributed by atoms with van der Waals surface area (Å²) < 4.78 is 53.3. The van der Waals surface area contributed by atoms with Crippen LogP contribution < -0.4 is 15.5 Å². The molecule has 0 aliphatic carbocycles. The summed E-state index contributed by atoms with van der Waals surface area (Å²) in [6, 6.07) is 10.8. The van der Waals surface area contributed by atoms with E-state index in [2.05, 4.69) is 20.6 Å². The second-order valence-corrected chi connectivity index (χ2v) is 9.78. The molecule has 1 fully saturated rings. The highest BCUT2D eigenvalue weighted by molar-refractivity contribution is 7.82. The van der Waals surface area contributed by atoms with Gasteiger partial charge in [0.05, 0.1) is 15.5 Å². The number of hydrogen-bond donors (Lipinski definition) is 2. The SMILES string of the molecule is O=C(NCc1cccnc1)Nc1ccc(S(=O)N2CCN(c3ncc(C(F)(F)F)cc3Cl)CC2)cc1. The number of carbonyl (C=O) groups is 1. The number of anilines is 2. The van der Waals surface area contributed by atoms with E-state index in [9.17, 15) is 22.2 Å². The van der Waals surface area contributed by atoms with Crippen molar-refractivity contribution >= 4 is 40.1 Å². The van der Waals surface area contributed by atoms with Gasteiger partial charge in [0.15, 0.2) is 0 Å². The van der Waals surface area contributed by atoms with Crippen LogP contribution >= 0.6 is 11.6 Å². The van der Waals surface area contributed by atoms with Gasteiger partial charge >= 0.3 is 12.2 Å². The van der Waals surface area contributed by atoms with Crippen molar-refractivity contribution in [3.05, 3.63) is 77.2 Å². The van der Waals surface area contributed by atoms with Crippen molar-refractivity contribution in [2.45, 2.75) is 17.6 Å². The van der Waals surface area contributed by atoms with Gasteiger partial charge in [-0.3, -0.25) is 4.98 Å². The zero-order valence-electron chi connectivity index (χ0n) is 18.8. The van der Waals surface area contributed by atoms with Crippen LogP contribution in [0.3, 0.4) is 0 Å². The summed E-state index contributed by atoms with van der Waals surface area (Å²) >= 11 is 6.05. The number of urea groups is 1. The molecule has 36 heavy (non-hydrogen) atoms. The number of pyridine rings is 2. The van der Waals surface area contributed by atoms with Crippen LogP contribution in [0, 0.1) is 0 Å². The van der Waals surface area contributed by atoms with Gasteiger partial charge < -0.3 is 15.5 Å². The maximum Gasteiger partial charge on any atom is 0.417 e. The summed E-state index contributed by atoms with van der Waals surface area (Å²) in [6.45, 7) is 1.95. The van der Waals surface area contributed by atoms with E-state index in [1.165, 1.54) is 0 Å². The summed E-state index contributed by atoms with van der Waals surface area (Å²) in [7, 11) is -1.44. The Kier molecular flexibility index (Phi) is 8.07. The zero-order chi connectivity index (χ0) is 25.7. The molecule has 0 spiro atoms. The van der Waals surface area contributed by atoms with Crippen molar-refractivity contribution in [3.8, 4) is 0 Å². The average Bonchev–Trinajstić information content (AvgIpc) is 2.88. The molecule has 2 amide bonds. The molecule has 13 heteroatoms. The third kappa shape index (κ3) is 6.50. The quantitative estimate of drug-likeness (QED) is 0.488. The standard InChI is InChI=1S/C23H22ClF3N6O2S/c24-20-12-17(23(25,26)27)15-29-21(20)32-8-10-33(11-9-32)36(35)19-5-3-18(4-6-19)31-22(34)30-14-16-2-1-7-28-13-16/h1-7,12-13,15H,8-11,14H2,(H2,30,31,34). The normalized spacial score (nSPS) is 15.4. The first kappa shape index (κ1) is 25.9. The van der Waals surface area contributed by atoms with Crippen molar-refractivity contribution in [2.24, 2.45) is 0 Å². The number of nitrogens with one attached hydrogen (secondary N) is 2. The van der Waals surface area contributed by atoms with Gasteiger partial charge in [0, 0.05) is 57.0 Å². The van der Waals surface area contributed by atoms with Gasteiger partial charge in [0.25, 0.3) is 0 Å². The molecule has 1 atom stereocenters. The Balaban J connectivity index is 1.29. The Hall–Kier alpha value is -3.22. The molecule has 8 nitrogen and oxygen atoms in total. The van der Waals surface area contributed by atoms with Crippen LogP contribution in [0.25, 0.3) is 0 Å². The third-order valence-corrected chi connectivity index (χ3v) is 7.20. The van der Waals surface area contributed by atoms with Crippen molar-refractivity contribution in [2.75, 3.05) is 36.4 Å². The fourth-order valence-corrected chi connectivity index (χ4v) is 5.00. The fourth-order valence-electron chi connectivity index (χ4n) is 3.55. The first-order chi connectivity index (χ1) is 17.2. The van der Waals surface area contributed by atoms with Gasteiger partial charge in [-0.05, 0) is 42.0 Å². The molecule has 4 rings (SSSR count). The molecule has 1 aliphatic rings. The van der Waals surface area contributed by atoms with E-state index in [1.807, 2.05) is 6.07 Å². The molecule has 3 aromatic rings. The number of hydrogen-bond acceptors (Lipinski definition) is 5. The first-order valence-electron chi connectivity index (χ1n) is 10.9. The smallest absolute Gasteiger partial charge is 0.353 e. The van der Waals surface area contributed by atoms with Crippen LogP contribution in [0.2, 0.25) is 5.02 Å². The lowest BCUT2D eigenvalue weighted by atomic mass is 10.2. The number of aromatic nitrogens is 2. The van der Waals surface area contributed by atoms with Crippen LogP contribution in [0.15, 0.2) is 66.0 Å². The van der Waals surface area contributed by atoms with Gasteiger partial charge in [-0.15, -0.1) is 0 Å². The Morgan fingerprint density at radius 3 is 2.42 bits per heavy atom. The number of nitrogens with zero attached hydrogens (tertiary/aromatic N) is 4. The predicted octanol–water partition coefficient (Wildman–Crippen LogP) is 4.32. The molecule has 1 unspecified atom stereocenters. The van der Waals surface area contributed by atoms with Gasteiger partial charge in [-0.25, -0.2) is 18.3 Å². The molecule has 190 valence electrons. The van der Waals surface area contributed by atoms with Crippen LogP contribution in [0.5, 0.6) is 0 Å². The molecule has 1 aliphatic heterocycles. The molecule has 0 radical (unpaired) electrons. The average molecular weight is 539 g/mol. The lowest BCUT2D eigenvalue weighted by Crippen LogP contribution is -2.47. The summed E-state index contributed by atoms with van der Waals surface area (Å²) in [5.41, 5.74) is 0.516. The maximum absolute atomic E-state index is 13.0. The van der Waals surface area contributed by atoms with E-state index in [1.54, 1.807) is 51.9 Å². The molecular weight excluding hydrogens is 517 g/mol. The summed E-state index contributed by atoms with van der Waals surface area (Å²) in [6.07, 6.45) is -0.431. The highest BCUT2D eigenvalue weighted by atomic mass is 35.5. The molecule has 1 aromatic carbocycles. The van der Waals surface area contributed by atoms with Crippen LogP contribution in [-0.4, -0.2) is 50.7 Å². The number of benzene rings is 1. The fraction of sp³-hybridized carbons (Fsp3) is 0.261. The van der Waals surface area contributed by atoms with E-state index in [-0.39, 0.29) is 16.9 Å². The Labute approximate surface area is 213 Å². The minimum absolute atomic E-state index is 0.0769. The Bertz CT molecular complexity index is 1220. The highest BCUT2D eigenvalue weighted by Gasteiger charge is 2.32. The minimum Gasteiger partial charge on any atom is -0.353 e. The molecule has 2 N–H and O–H groups in total. The van der Waals surface area contributed by atoms with E-state index in [4.69, 9.17) is 11.6 Å². The molecular formula is C23H22ClF3N6O2S. The minimum atomic E-state index is -4.51.